The normalized spacial score (nSPS) is 17.2. The SMILES string of the molecule is O=C(N1CCN(c2ncc(F)cn2)CC1)N1CCSc2cc(Cl)ccc21. The fraction of sp³-hybridized carbons (Fsp3) is 0.353. The van der Waals surface area contributed by atoms with Crippen LogP contribution in [0.2, 0.25) is 5.02 Å². The van der Waals surface area contributed by atoms with Crippen LogP contribution in [0.15, 0.2) is 35.5 Å². The monoisotopic (exact) mass is 393 g/mol. The number of benzene rings is 1. The lowest BCUT2D eigenvalue weighted by Gasteiger charge is -2.39. The molecule has 1 aromatic heterocycles. The highest BCUT2D eigenvalue weighted by Gasteiger charge is 2.29. The molecule has 2 amide bonds. The number of carbonyl (C=O) groups excluding carboxylic acids is 1. The maximum absolute atomic E-state index is 13.0. The van der Waals surface area contributed by atoms with E-state index in [9.17, 15) is 9.18 Å². The van der Waals surface area contributed by atoms with Crippen molar-refractivity contribution in [3.8, 4) is 0 Å². The second-order valence-corrected chi connectivity index (χ2v) is 7.64. The Bertz CT molecular complexity index is 813. The fourth-order valence-corrected chi connectivity index (χ4v) is 4.40. The number of piperazine rings is 1. The zero-order chi connectivity index (χ0) is 18.1. The van der Waals surface area contributed by atoms with Crippen LogP contribution in [0.1, 0.15) is 0 Å². The van der Waals surface area contributed by atoms with E-state index in [0.717, 1.165) is 28.7 Å². The summed E-state index contributed by atoms with van der Waals surface area (Å²) in [5.74, 6) is 0.889. The van der Waals surface area contributed by atoms with E-state index in [1.54, 1.807) is 11.8 Å². The number of halogens is 2. The number of nitrogens with zero attached hydrogens (tertiary/aromatic N) is 5. The third-order valence-corrected chi connectivity index (χ3v) is 5.72. The number of fused-ring (bicyclic) bond motifs is 1. The van der Waals surface area contributed by atoms with Crippen molar-refractivity contribution < 1.29 is 9.18 Å². The molecule has 4 rings (SSSR count). The van der Waals surface area contributed by atoms with E-state index >= 15 is 0 Å². The highest BCUT2D eigenvalue weighted by Crippen LogP contribution is 2.37. The van der Waals surface area contributed by atoms with Crippen LogP contribution in [0, 0.1) is 5.82 Å². The highest BCUT2D eigenvalue weighted by molar-refractivity contribution is 7.99. The van der Waals surface area contributed by atoms with Gasteiger partial charge in [0.15, 0.2) is 5.82 Å². The molecule has 1 saturated heterocycles. The first-order chi connectivity index (χ1) is 12.6. The van der Waals surface area contributed by atoms with Crippen LogP contribution in [-0.2, 0) is 0 Å². The smallest absolute Gasteiger partial charge is 0.324 e. The number of amides is 2. The van der Waals surface area contributed by atoms with Gasteiger partial charge in [0.1, 0.15) is 0 Å². The predicted octanol–water partition coefficient (Wildman–Crippen LogP) is 3.12. The number of aromatic nitrogens is 2. The van der Waals surface area contributed by atoms with E-state index in [1.807, 2.05) is 32.9 Å². The van der Waals surface area contributed by atoms with E-state index in [2.05, 4.69) is 9.97 Å². The van der Waals surface area contributed by atoms with E-state index < -0.39 is 5.82 Å². The summed E-state index contributed by atoms with van der Waals surface area (Å²) in [6.07, 6.45) is 2.32. The molecule has 2 aromatic rings. The number of urea groups is 1. The Hall–Kier alpha value is -2.06. The molecule has 2 aliphatic heterocycles. The summed E-state index contributed by atoms with van der Waals surface area (Å²) in [4.78, 5) is 27.7. The fourth-order valence-electron chi connectivity index (χ4n) is 3.13. The lowest BCUT2D eigenvalue weighted by atomic mass is 10.2. The Morgan fingerprint density at radius 3 is 2.58 bits per heavy atom. The average molecular weight is 394 g/mol. The first-order valence-electron chi connectivity index (χ1n) is 8.33. The molecule has 136 valence electrons. The summed E-state index contributed by atoms with van der Waals surface area (Å²) >= 11 is 7.79. The molecular formula is C17H17ClFN5OS. The van der Waals surface area contributed by atoms with Crippen LogP contribution in [-0.4, -0.2) is 59.4 Å². The van der Waals surface area contributed by atoms with Gasteiger partial charge in [-0.25, -0.2) is 19.2 Å². The van der Waals surface area contributed by atoms with Crippen molar-refractivity contribution in [2.45, 2.75) is 4.90 Å². The number of anilines is 2. The van der Waals surface area contributed by atoms with Crippen LogP contribution >= 0.6 is 23.4 Å². The van der Waals surface area contributed by atoms with Gasteiger partial charge in [0, 0.05) is 48.4 Å². The summed E-state index contributed by atoms with van der Waals surface area (Å²) in [6.45, 7) is 3.07. The molecule has 0 unspecified atom stereocenters. The van der Waals surface area contributed by atoms with Gasteiger partial charge in [-0.3, -0.25) is 4.90 Å². The molecular weight excluding hydrogens is 377 g/mol. The Morgan fingerprint density at radius 2 is 1.85 bits per heavy atom. The quantitative estimate of drug-likeness (QED) is 0.745. The number of carbonyl (C=O) groups is 1. The molecule has 1 fully saturated rings. The highest BCUT2D eigenvalue weighted by atomic mass is 35.5. The first-order valence-corrected chi connectivity index (χ1v) is 9.69. The third-order valence-electron chi connectivity index (χ3n) is 4.46. The van der Waals surface area contributed by atoms with Gasteiger partial charge in [-0.15, -0.1) is 11.8 Å². The van der Waals surface area contributed by atoms with Crippen molar-refractivity contribution in [2.75, 3.05) is 48.3 Å². The Morgan fingerprint density at radius 1 is 1.12 bits per heavy atom. The summed E-state index contributed by atoms with van der Waals surface area (Å²) in [5, 5.41) is 0.679. The molecule has 9 heteroatoms. The zero-order valence-electron chi connectivity index (χ0n) is 13.9. The molecule has 0 spiro atoms. The van der Waals surface area contributed by atoms with Gasteiger partial charge >= 0.3 is 6.03 Å². The molecule has 3 heterocycles. The Labute approximate surface area is 160 Å². The molecule has 2 aliphatic rings. The maximum atomic E-state index is 13.0. The van der Waals surface area contributed by atoms with Gasteiger partial charge < -0.3 is 9.80 Å². The van der Waals surface area contributed by atoms with Crippen molar-refractivity contribution in [2.24, 2.45) is 0 Å². The van der Waals surface area contributed by atoms with Crippen LogP contribution in [0.25, 0.3) is 0 Å². The second kappa shape index (κ2) is 7.28. The number of rotatable bonds is 1. The van der Waals surface area contributed by atoms with E-state index in [1.165, 1.54) is 0 Å². The lowest BCUT2D eigenvalue weighted by Crippen LogP contribution is -2.54. The molecule has 0 bridgehead atoms. The summed E-state index contributed by atoms with van der Waals surface area (Å²) in [7, 11) is 0. The standard InChI is InChI=1S/C17H17ClFN5OS/c18-12-1-2-14-15(9-12)26-8-7-24(14)17(25)23-5-3-22(4-6-23)16-20-10-13(19)11-21-16/h1-2,9-11H,3-8H2. The largest absolute Gasteiger partial charge is 0.337 e. The number of hydrogen-bond acceptors (Lipinski definition) is 5. The predicted molar refractivity (Wildman–Crippen MR) is 101 cm³/mol. The van der Waals surface area contributed by atoms with Gasteiger partial charge in [-0.05, 0) is 18.2 Å². The number of thioether (sulfide) groups is 1. The molecule has 26 heavy (non-hydrogen) atoms. The zero-order valence-corrected chi connectivity index (χ0v) is 15.5. The molecule has 0 radical (unpaired) electrons. The lowest BCUT2D eigenvalue weighted by molar-refractivity contribution is 0.201. The minimum atomic E-state index is -0.454. The second-order valence-electron chi connectivity index (χ2n) is 6.07. The first kappa shape index (κ1) is 17.4. The molecule has 0 atom stereocenters. The summed E-state index contributed by atoms with van der Waals surface area (Å²) in [5.41, 5.74) is 0.917. The van der Waals surface area contributed by atoms with E-state index in [4.69, 9.17) is 11.6 Å². The van der Waals surface area contributed by atoms with Crippen LogP contribution < -0.4 is 9.80 Å². The van der Waals surface area contributed by atoms with Gasteiger partial charge in [-0.1, -0.05) is 11.6 Å². The van der Waals surface area contributed by atoms with Crippen molar-refractivity contribution >= 4 is 41.0 Å². The van der Waals surface area contributed by atoms with Crippen molar-refractivity contribution in [1.82, 2.24) is 14.9 Å². The van der Waals surface area contributed by atoms with E-state index in [-0.39, 0.29) is 6.03 Å². The van der Waals surface area contributed by atoms with Crippen LogP contribution in [0.4, 0.5) is 20.8 Å². The molecule has 6 nitrogen and oxygen atoms in total. The number of hydrogen-bond donors (Lipinski definition) is 0. The molecule has 1 aromatic carbocycles. The Balaban J connectivity index is 1.44. The van der Waals surface area contributed by atoms with Crippen molar-refractivity contribution in [3.63, 3.8) is 0 Å². The summed E-state index contributed by atoms with van der Waals surface area (Å²) < 4.78 is 13.0. The average Bonchev–Trinajstić information content (AvgIpc) is 2.67. The van der Waals surface area contributed by atoms with Gasteiger partial charge in [0.25, 0.3) is 0 Å². The Kier molecular flexibility index (Phi) is 4.86. The molecule has 0 N–H and O–H groups in total. The third kappa shape index (κ3) is 3.43. The van der Waals surface area contributed by atoms with Gasteiger partial charge in [0.2, 0.25) is 5.95 Å². The van der Waals surface area contributed by atoms with Crippen molar-refractivity contribution in [3.05, 3.63) is 41.4 Å². The van der Waals surface area contributed by atoms with Crippen LogP contribution in [0.3, 0.4) is 0 Å². The maximum Gasteiger partial charge on any atom is 0.324 e. The van der Waals surface area contributed by atoms with E-state index in [0.29, 0.717) is 43.7 Å². The minimum Gasteiger partial charge on any atom is -0.337 e. The molecule has 0 aliphatic carbocycles. The minimum absolute atomic E-state index is 0.00791. The van der Waals surface area contributed by atoms with Gasteiger partial charge in [-0.2, -0.15) is 0 Å². The van der Waals surface area contributed by atoms with Crippen LogP contribution in [0.5, 0.6) is 0 Å². The van der Waals surface area contributed by atoms with Gasteiger partial charge in [0.05, 0.1) is 18.1 Å². The summed E-state index contributed by atoms with van der Waals surface area (Å²) in [6, 6.07) is 5.64. The van der Waals surface area contributed by atoms with Crippen molar-refractivity contribution in [1.29, 1.82) is 0 Å². The topological polar surface area (TPSA) is 52.6 Å². The molecule has 0 saturated carbocycles.